The van der Waals surface area contributed by atoms with Gasteiger partial charge in [0.2, 0.25) is 0 Å². The fourth-order valence-electron chi connectivity index (χ4n) is 1.15. The Morgan fingerprint density at radius 2 is 2.00 bits per heavy atom. The van der Waals surface area contributed by atoms with E-state index in [1.807, 2.05) is 0 Å². The van der Waals surface area contributed by atoms with E-state index in [4.69, 9.17) is 15.2 Å². The summed E-state index contributed by atoms with van der Waals surface area (Å²) in [6.45, 7) is 5.36. The molecule has 0 radical (unpaired) electrons. The predicted molar refractivity (Wildman–Crippen MR) is 54.8 cm³/mol. The summed E-state index contributed by atoms with van der Waals surface area (Å²) in [4.78, 5) is 0. The van der Waals surface area contributed by atoms with E-state index in [0.717, 1.165) is 45.6 Å². The molecule has 1 atom stereocenters. The summed E-state index contributed by atoms with van der Waals surface area (Å²) in [5.41, 5.74) is 5.57. The van der Waals surface area contributed by atoms with Crippen molar-refractivity contribution in [2.45, 2.75) is 26.2 Å². The molecule has 0 aliphatic rings. The molecule has 0 aromatic rings. The molecule has 0 aliphatic carbocycles. The van der Waals surface area contributed by atoms with Gasteiger partial charge in [0, 0.05) is 26.9 Å². The Hall–Kier alpha value is -0.120. The second kappa shape index (κ2) is 9.96. The molecule has 80 valence electrons. The van der Waals surface area contributed by atoms with Gasteiger partial charge in [-0.05, 0) is 25.3 Å². The van der Waals surface area contributed by atoms with Crippen molar-refractivity contribution in [1.82, 2.24) is 0 Å². The van der Waals surface area contributed by atoms with E-state index in [2.05, 4.69) is 6.92 Å². The quantitative estimate of drug-likeness (QED) is 0.558. The first-order chi connectivity index (χ1) is 6.35. The Kier molecular flexibility index (Phi) is 9.87. The van der Waals surface area contributed by atoms with Crippen molar-refractivity contribution in [3.8, 4) is 0 Å². The average molecular weight is 189 g/mol. The second-order valence-electron chi connectivity index (χ2n) is 3.26. The number of nitrogens with two attached hydrogens (primary N) is 1. The smallest absolute Gasteiger partial charge is 0.0487 e. The van der Waals surface area contributed by atoms with Crippen molar-refractivity contribution >= 4 is 0 Å². The molecule has 1 unspecified atom stereocenters. The molecule has 0 aromatic heterocycles. The van der Waals surface area contributed by atoms with E-state index in [-0.39, 0.29) is 0 Å². The molecule has 0 aliphatic heterocycles. The molecule has 0 aromatic carbocycles. The van der Waals surface area contributed by atoms with E-state index >= 15 is 0 Å². The van der Waals surface area contributed by atoms with Gasteiger partial charge in [-0.3, -0.25) is 0 Å². The molecule has 2 N–H and O–H groups in total. The van der Waals surface area contributed by atoms with Gasteiger partial charge in [-0.15, -0.1) is 0 Å². The number of ether oxygens (including phenoxy) is 2. The van der Waals surface area contributed by atoms with Crippen LogP contribution in [0, 0.1) is 5.92 Å². The van der Waals surface area contributed by atoms with Crippen LogP contribution in [-0.2, 0) is 9.47 Å². The Morgan fingerprint density at radius 3 is 2.54 bits per heavy atom. The van der Waals surface area contributed by atoms with Crippen molar-refractivity contribution in [1.29, 1.82) is 0 Å². The standard InChI is InChI=1S/C10H23NO2/c1-3-10(9-11)5-8-13-7-4-6-12-2/h10H,3-9,11H2,1-2H3. The lowest BCUT2D eigenvalue weighted by Gasteiger charge is -2.11. The third kappa shape index (κ3) is 8.22. The molecule has 0 saturated carbocycles. The van der Waals surface area contributed by atoms with Crippen LogP contribution in [0.1, 0.15) is 26.2 Å². The van der Waals surface area contributed by atoms with E-state index in [1.165, 1.54) is 0 Å². The van der Waals surface area contributed by atoms with E-state index in [1.54, 1.807) is 7.11 Å². The highest BCUT2D eigenvalue weighted by molar-refractivity contribution is 4.56. The number of hydrogen-bond acceptors (Lipinski definition) is 3. The Morgan fingerprint density at radius 1 is 1.23 bits per heavy atom. The molecule has 0 rings (SSSR count). The first kappa shape index (κ1) is 12.9. The van der Waals surface area contributed by atoms with Gasteiger partial charge in [0.1, 0.15) is 0 Å². The Balaban J connectivity index is 3.05. The predicted octanol–water partition coefficient (Wildman–Crippen LogP) is 1.41. The highest BCUT2D eigenvalue weighted by Crippen LogP contribution is 2.05. The van der Waals surface area contributed by atoms with Crippen LogP contribution in [0.2, 0.25) is 0 Å². The van der Waals surface area contributed by atoms with E-state index in [9.17, 15) is 0 Å². The summed E-state index contributed by atoms with van der Waals surface area (Å²) >= 11 is 0. The lowest BCUT2D eigenvalue weighted by molar-refractivity contribution is 0.0939. The molecular formula is C10H23NO2. The molecule has 0 heterocycles. The van der Waals surface area contributed by atoms with Crippen LogP contribution >= 0.6 is 0 Å². The Labute approximate surface area is 81.6 Å². The van der Waals surface area contributed by atoms with Crippen molar-refractivity contribution in [3.63, 3.8) is 0 Å². The number of methoxy groups -OCH3 is 1. The summed E-state index contributed by atoms with van der Waals surface area (Å²) < 4.78 is 10.3. The Bertz CT molecular complexity index is 94.9. The maximum absolute atomic E-state index is 5.57. The monoisotopic (exact) mass is 189 g/mol. The third-order valence-electron chi connectivity index (χ3n) is 2.22. The van der Waals surface area contributed by atoms with Gasteiger partial charge >= 0.3 is 0 Å². The molecule has 0 saturated heterocycles. The molecule has 3 nitrogen and oxygen atoms in total. The van der Waals surface area contributed by atoms with Crippen molar-refractivity contribution in [3.05, 3.63) is 0 Å². The van der Waals surface area contributed by atoms with Crippen LogP contribution < -0.4 is 5.73 Å². The normalized spacial score (nSPS) is 13.2. The highest BCUT2D eigenvalue weighted by atomic mass is 16.5. The van der Waals surface area contributed by atoms with Crippen molar-refractivity contribution < 1.29 is 9.47 Å². The van der Waals surface area contributed by atoms with Crippen LogP contribution in [0.25, 0.3) is 0 Å². The van der Waals surface area contributed by atoms with Crippen LogP contribution in [0.5, 0.6) is 0 Å². The fourth-order valence-corrected chi connectivity index (χ4v) is 1.15. The molecule has 0 amide bonds. The van der Waals surface area contributed by atoms with Crippen LogP contribution in [0.4, 0.5) is 0 Å². The molecule has 3 heteroatoms. The molecule has 0 bridgehead atoms. The maximum Gasteiger partial charge on any atom is 0.0487 e. The average Bonchev–Trinajstić information content (AvgIpc) is 2.17. The summed E-state index contributed by atoms with van der Waals surface area (Å²) in [6.07, 6.45) is 3.22. The maximum atomic E-state index is 5.57. The summed E-state index contributed by atoms with van der Waals surface area (Å²) in [5.74, 6) is 0.627. The fraction of sp³-hybridized carbons (Fsp3) is 1.00. The topological polar surface area (TPSA) is 44.5 Å². The molecular weight excluding hydrogens is 166 g/mol. The van der Waals surface area contributed by atoms with Crippen molar-refractivity contribution in [2.24, 2.45) is 11.7 Å². The van der Waals surface area contributed by atoms with E-state index in [0.29, 0.717) is 5.92 Å². The van der Waals surface area contributed by atoms with Gasteiger partial charge in [0.05, 0.1) is 0 Å². The van der Waals surface area contributed by atoms with Gasteiger partial charge in [-0.25, -0.2) is 0 Å². The zero-order chi connectivity index (χ0) is 9.94. The SMILES string of the molecule is CCC(CN)CCOCCCOC. The largest absolute Gasteiger partial charge is 0.385 e. The van der Waals surface area contributed by atoms with Crippen LogP contribution in [-0.4, -0.2) is 33.5 Å². The van der Waals surface area contributed by atoms with Crippen LogP contribution in [0.15, 0.2) is 0 Å². The number of rotatable bonds is 9. The highest BCUT2D eigenvalue weighted by Gasteiger charge is 2.02. The minimum atomic E-state index is 0.627. The molecule has 0 spiro atoms. The lowest BCUT2D eigenvalue weighted by atomic mass is 10.0. The minimum Gasteiger partial charge on any atom is -0.385 e. The minimum absolute atomic E-state index is 0.627. The molecule has 13 heavy (non-hydrogen) atoms. The first-order valence-electron chi connectivity index (χ1n) is 5.11. The zero-order valence-electron chi connectivity index (χ0n) is 8.92. The lowest BCUT2D eigenvalue weighted by Crippen LogP contribution is -2.15. The van der Waals surface area contributed by atoms with Gasteiger partial charge in [-0.1, -0.05) is 13.3 Å². The summed E-state index contributed by atoms with van der Waals surface area (Å²) in [7, 11) is 1.71. The summed E-state index contributed by atoms with van der Waals surface area (Å²) in [6, 6.07) is 0. The van der Waals surface area contributed by atoms with Gasteiger partial charge in [-0.2, -0.15) is 0 Å². The first-order valence-corrected chi connectivity index (χ1v) is 5.11. The second-order valence-corrected chi connectivity index (χ2v) is 3.26. The van der Waals surface area contributed by atoms with E-state index < -0.39 is 0 Å². The third-order valence-corrected chi connectivity index (χ3v) is 2.22. The van der Waals surface area contributed by atoms with Crippen molar-refractivity contribution in [2.75, 3.05) is 33.5 Å². The van der Waals surface area contributed by atoms with Gasteiger partial charge in [0.15, 0.2) is 0 Å². The number of hydrogen-bond donors (Lipinski definition) is 1. The van der Waals surface area contributed by atoms with Gasteiger partial charge in [0.25, 0.3) is 0 Å². The van der Waals surface area contributed by atoms with Crippen LogP contribution in [0.3, 0.4) is 0 Å². The zero-order valence-corrected chi connectivity index (χ0v) is 8.92. The molecule has 0 fully saturated rings. The van der Waals surface area contributed by atoms with Gasteiger partial charge < -0.3 is 15.2 Å². The summed E-state index contributed by atoms with van der Waals surface area (Å²) in [5, 5.41) is 0.